The summed E-state index contributed by atoms with van der Waals surface area (Å²) >= 11 is 0. The minimum absolute atomic E-state index is 0.319. The molecule has 2 aromatic rings. The molecule has 0 spiro atoms. The van der Waals surface area contributed by atoms with Gasteiger partial charge in [0.2, 0.25) is 11.8 Å². The molecule has 1 N–H and O–H groups in total. The molecule has 4 heteroatoms. The van der Waals surface area contributed by atoms with Crippen LogP contribution in [0.3, 0.4) is 0 Å². The standard InChI is InChI=1S/C18H26N2O2/c1-3-5-7-9-14-10-8-11-15(13-14)17-19-20-18(22-17)16(21)12-6-4-2/h8,10-11,13,16,21H,3-7,9,12H2,1-2H3. The van der Waals surface area contributed by atoms with Gasteiger partial charge in [0.25, 0.3) is 0 Å². The Kier molecular flexibility index (Phi) is 6.59. The fourth-order valence-electron chi connectivity index (χ4n) is 2.45. The Labute approximate surface area is 132 Å². The van der Waals surface area contributed by atoms with Gasteiger partial charge in [-0.2, -0.15) is 0 Å². The SMILES string of the molecule is CCCCCc1cccc(-c2nnc(C(O)CCCC)o2)c1. The van der Waals surface area contributed by atoms with Crippen molar-refractivity contribution in [3.63, 3.8) is 0 Å². The molecule has 22 heavy (non-hydrogen) atoms. The largest absolute Gasteiger partial charge is 0.418 e. The summed E-state index contributed by atoms with van der Waals surface area (Å²) in [5.74, 6) is 0.808. The van der Waals surface area contributed by atoms with E-state index in [4.69, 9.17) is 4.42 Å². The van der Waals surface area contributed by atoms with E-state index in [-0.39, 0.29) is 0 Å². The minimum atomic E-state index is -0.658. The smallest absolute Gasteiger partial charge is 0.247 e. The van der Waals surface area contributed by atoms with Crippen molar-refractivity contribution in [1.82, 2.24) is 10.2 Å². The van der Waals surface area contributed by atoms with Crippen LogP contribution in [0.5, 0.6) is 0 Å². The zero-order valence-electron chi connectivity index (χ0n) is 13.6. The molecule has 0 aliphatic carbocycles. The van der Waals surface area contributed by atoms with E-state index in [0.717, 1.165) is 24.8 Å². The van der Waals surface area contributed by atoms with E-state index in [1.165, 1.54) is 24.8 Å². The molecule has 0 bridgehead atoms. The highest BCUT2D eigenvalue weighted by atomic mass is 16.4. The number of aryl methyl sites for hydroxylation is 1. The Hall–Kier alpha value is -1.68. The maximum atomic E-state index is 10.0. The number of aliphatic hydroxyl groups is 1. The van der Waals surface area contributed by atoms with Gasteiger partial charge in [0.1, 0.15) is 6.10 Å². The summed E-state index contributed by atoms with van der Waals surface area (Å²) in [7, 11) is 0. The normalized spacial score (nSPS) is 12.5. The van der Waals surface area contributed by atoms with Crippen molar-refractivity contribution in [3.05, 3.63) is 35.7 Å². The van der Waals surface area contributed by atoms with Crippen LogP contribution in [-0.2, 0) is 6.42 Å². The van der Waals surface area contributed by atoms with E-state index in [1.807, 2.05) is 12.1 Å². The van der Waals surface area contributed by atoms with Crippen molar-refractivity contribution in [2.45, 2.75) is 64.9 Å². The van der Waals surface area contributed by atoms with Gasteiger partial charge in [-0.15, -0.1) is 10.2 Å². The minimum Gasteiger partial charge on any atom is -0.418 e. The van der Waals surface area contributed by atoms with Gasteiger partial charge < -0.3 is 9.52 Å². The lowest BCUT2D eigenvalue weighted by Crippen LogP contribution is -1.97. The van der Waals surface area contributed by atoms with Crippen LogP contribution in [0.2, 0.25) is 0 Å². The predicted octanol–water partition coefficient (Wildman–Crippen LogP) is 4.69. The maximum Gasteiger partial charge on any atom is 0.247 e. The van der Waals surface area contributed by atoms with Crippen LogP contribution in [0.25, 0.3) is 11.5 Å². The quantitative estimate of drug-likeness (QED) is 0.682. The van der Waals surface area contributed by atoms with E-state index < -0.39 is 6.10 Å². The first-order valence-electron chi connectivity index (χ1n) is 8.35. The first-order chi connectivity index (χ1) is 10.7. The molecule has 1 atom stereocenters. The van der Waals surface area contributed by atoms with Crippen LogP contribution in [0.1, 0.15) is 69.9 Å². The average Bonchev–Trinajstić information content (AvgIpc) is 3.03. The molecule has 120 valence electrons. The summed E-state index contributed by atoms with van der Waals surface area (Å²) in [6, 6.07) is 8.23. The first-order valence-corrected chi connectivity index (χ1v) is 8.35. The molecular weight excluding hydrogens is 276 g/mol. The van der Waals surface area contributed by atoms with Gasteiger partial charge in [-0.1, -0.05) is 51.7 Å². The highest BCUT2D eigenvalue weighted by Gasteiger charge is 2.16. The Morgan fingerprint density at radius 1 is 1.09 bits per heavy atom. The Morgan fingerprint density at radius 3 is 2.68 bits per heavy atom. The second-order valence-electron chi connectivity index (χ2n) is 5.76. The van der Waals surface area contributed by atoms with Gasteiger partial charge in [0.05, 0.1) is 0 Å². The first kappa shape index (κ1) is 16.7. The molecule has 0 saturated carbocycles. The highest BCUT2D eigenvalue weighted by molar-refractivity contribution is 5.53. The number of hydrogen-bond acceptors (Lipinski definition) is 4. The van der Waals surface area contributed by atoms with Crippen LogP contribution in [-0.4, -0.2) is 15.3 Å². The summed E-state index contributed by atoms with van der Waals surface area (Å²) in [5, 5.41) is 18.1. The Morgan fingerprint density at radius 2 is 1.91 bits per heavy atom. The molecule has 1 aromatic heterocycles. The fourth-order valence-corrected chi connectivity index (χ4v) is 2.45. The van der Waals surface area contributed by atoms with Gasteiger partial charge in [-0.05, 0) is 37.0 Å². The molecule has 1 aromatic carbocycles. The van der Waals surface area contributed by atoms with Crippen molar-refractivity contribution in [3.8, 4) is 11.5 Å². The molecule has 0 amide bonds. The van der Waals surface area contributed by atoms with E-state index in [0.29, 0.717) is 18.2 Å². The topological polar surface area (TPSA) is 59.2 Å². The Bertz CT molecular complexity index is 566. The highest BCUT2D eigenvalue weighted by Crippen LogP contribution is 2.24. The van der Waals surface area contributed by atoms with Crippen LogP contribution in [0, 0.1) is 0 Å². The van der Waals surface area contributed by atoms with Gasteiger partial charge in [0.15, 0.2) is 0 Å². The lowest BCUT2D eigenvalue weighted by Gasteiger charge is -2.04. The van der Waals surface area contributed by atoms with Crippen LogP contribution in [0.4, 0.5) is 0 Å². The van der Waals surface area contributed by atoms with Crippen molar-refractivity contribution < 1.29 is 9.52 Å². The number of hydrogen-bond donors (Lipinski definition) is 1. The number of aliphatic hydroxyl groups excluding tert-OH is 1. The van der Waals surface area contributed by atoms with E-state index in [9.17, 15) is 5.11 Å². The lowest BCUT2D eigenvalue weighted by atomic mass is 10.0. The number of aromatic nitrogens is 2. The van der Waals surface area contributed by atoms with Crippen LogP contribution >= 0.6 is 0 Å². The van der Waals surface area contributed by atoms with E-state index in [2.05, 4.69) is 36.2 Å². The molecule has 1 heterocycles. The third-order valence-electron chi connectivity index (χ3n) is 3.80. The monoisotopic (exact) mass is 302 g/mol. The van der Waals surface area contributed by atoms with Gasteiger partial charge in [-0.25, -0.2) is 0 Å². The third kappa shape index (κ3) is 4.67. The fraction of sp³-hybridized carbons (Fsp3) is 0.556. The number of rotatable bonds is 9. The second kappa shape index (κ2) is 8.69. The summed E-state index contributed by atoms with van der Waals surface area (Å²) < 4.78 is 5.64. The predicted molar refractivity (Wildman–Crippen MR) is 87.4 cm³/mol. The number of nitrogens with zero attached hydrogens (tertiary/aromatic N) is 2. The van der Waals surface area contributed by atoms with Crippen LogP contribution < -0.4 is 0 Å². The molecule has 4 nitrogen and oxygen atoms in total. The molecule has 0 saturated heterocycles. The molecule has 0 aliphatic heterocycles. The van der Waals surface area contributed by atoms with Gasteiger partial charge >= 0.3 is 0 Å². The summed E-state index contributed by atoms with van der Waals surface area (Å²) in [5.41, 5.74) is 2.22. The van der Waals surface area contributed by atoms with Crippen molar-refractivity contribution in [2.24, 2.45) is 0 Å². The summed E-state index contributed by atoms with van der Waals surface area (Å²) in [6.45, 7) is 4.30. The number of benzene rings is 1. The van der Waals surface area contributed by atoms with Gasteiger partial charge in [0, 0.05) is 5.56 Å². The van der Waals surface area contributed by atoms with Crippen molar-refractivity contribution in [2.75, 3.05) is 0 Å². The third-order valence-corrected chi connectivity index (χ3v) is 3.80. The molecule has 0 radical (unpaired) electrons. The Balaban J connectivity index is 2.05. The second-order valence-corrected chi connectivity index (χ2v) is 5.76. The maximum absolute atomic E-state index is 10.0. The summed E-state index contributed by atoms with van der Waals surface area (Å²) in [6.07, 6.45) is 6.74. The molecule has 2 rings (SSSR count). The van der Waals surface area contributed by atoms with E-state index >= 15 is 0 Å². The summed E-state index contributed by atoms with van der Waals surface area (Å²) in [4.78, 5) is 0. The molecule has 0 fully saturated rings. The van der Waals surface area contributed by atoms with Crippen molar-refractivity contribution >= 4 is 0 Å². The number of unbranched alkanes of at least 4 members (excludes halogenated alkanes) is 3. The zero-order valence-corrected chi connectivity index (χ0v) is 13.6. The van der Waals surface area contributed by atoms with Crippen LogP contribution in [0.15, 0.2) is 28.7 Å². The zero-order chi connectivity index (χ0) is 15.8. The molecule has 0 aliphatic rings. The average molecular weight is 302 g/mol. The lowest BCUT2D eigenvalue weighted by molar-refractivity contribution is 0.132. The van der Waals surface area contributed by atoms with Crippen molar-refractivity contribution in [1.29, 1.82) is 0 Å². The molecule has 1 unspecified atom stereocenters. The van der Waals surface area contributed by atoms with Gasteiger partial charge in [-0.3, -0.25) is 0 Å². The molecular formula is C18H26N2O2. The van der Waals surface area contributed by atoms with E-state index in [1.54, 1.807) is 0 Å².